The summed E-state index contributed by atoms with van der Waals surface area (Å²) < 4.78 is 31.0. The maximum absolute atomic E-state index is 11.5. The predicted molar refractivity (Wildman–Crippen MR) is 126 cm³/mol. The first kappa shape index (κ1) is 21.3. The van der Waals surface area contributed by atoms with Gasteiger partial charge in [0, 0.05) is 54.5 Å². The molecule has 0 atom stereocenters. The molecule has 3 aromatic rings. The molecule has 3 N–H and O–H groups in total. The van der Waals surface area contributed by atoms with Gasteiger partial charge in [0.2, 0.25) is 21.9 Å². The van der Waals surface area contributed by atoms with E-state index >= 15 is 0 Å². The smallest absolute Gasteiger partial charge is 0.229 e. The minimum atomic E-state index is -3.34. The highest BCUT2D eigenvalue weighted by Crippen LogP contribution is 2.39. The lowest BCUT2D eigenvalue weighted by atomic mass is 10.1. The summed E-state index contributed by atoms with van der Waals surface area (Å²) in [7, 11) is -3.34. The van der Waals surface area contributed by atoms with Crippen molar-refractivity contribution in [3.05, 3.63) is 42.2 Å². The van der Waals surface area contributed by atoms with Crippen LogP contribution in [-0.2, 0) is 21.2 Å². The van der Waals surface area contributed by atoms with Crippen LogP contribution in [0.4, 0.5) is 29.1 Å². The molecule has 4 heterocycles. The number of ether oxygens (including phenoxy) is 1. The molecule has 2 aliphatic rings. The Morgan fingerprint density at radius 1 is 1.03 bits per heavy atom. The van der Waals surface area contributed by atoms with Crippen LogP contribution in [-0.4, -0.2) is 67.5 Å². The number of anilines is 5. The number of morpholine rings is 1. The summed E-state index contributed by atoms with van der Waals surface area (Å²) in [6, 6.07) is 7.25. The molecule has 1 aromatic carbocycles. The van der Waals surface area contributed by atoms with Crippen LogP contribution in [0.1, 0.15) is 5.56 Å². The van der Waals surface area contributed by atoms with E-state index in [4.69, 9.17) is 20.4 Å². The predicted octanol–water partition coefficient (Wildman–Crippen LogP) is 1.42. The van der Waals surface area contributed by atoms with Gasteiger partial charge in [-0.15, -0.1) is 0 Å². The number of fused-ring (bicyclic) bond motifs is 1. The third-order valence-corrected chi connectivity index (χ3v) is 6.14. The number of sulfonamides is 1. The molecule has 0 amide bonds. The van der Waals surface area contributed by atoms with Gasteiger partial charge < -0.3 is 20.3 Å². The van der Waals surface area contributed by atoms with E-state index in [1.54, 1.807) is 24.5 Å². The highest BCUT2D eigenvalue weighted by Gasteiger charge is 2.29. The number of rotatable bonds is 5. The van der Waals surface area contributed by atoms with Crippen LogP contribution in [0, 0.1) is 0 Å². The van der Waals surface area contributed by atoms with E-state index in [-0.39, 0.29) is 5.95 Å². The lowest BCUT2D eigenvalue weighted by Gasteiger charge is -2.28. The quantitative estimate of drug-likeness (QED) is 0.565. The molecule has 0 bridgehead atoms. The molecule has 0 spiro atoms. The fraction of sp³-hybridized carbons (Fsp3) is 0.333. The van der Waals surface area contributed by atoms with Crippen LogP contribution in [0.3, 0.4) is 0 Å². The second-order valence-corrected chi connectivity index (χ2v) is 9.67. The van der Waals surface area contributed by atoms with Crippen molar-refractivity contribution in [1.29, 1.82) is 0 Å². The van der Waals surface area contributed by atoms with Crippen molar-refractivity contribution in [3.63, 3.8) is 0 Å². The van der Waals surface area contributed by atoms with Crippen LogP contribution in [0.15, 0.2) is 36.7 Å². The zero-order valence-corrected chi connectivity index (χ0v) is 18.9. The van der Waals surface area contributed by atoms with Crippen LogP contribution in [0.5, 0.6) is 0 Å². The van der Waals surface area contributed by atoms with Crippen molar-refractivity contribution in [2.75, 3.05) is 59.4 Å². The van der Waals surface area contributed by atoms with Crippen molar-refractivity contribution in [1.82, 2.24) is 19.9 Å². The Balaban J connectivity index is 1.55. The second kappa shape index (κ2) is 8.45. The van der Waals surface area contributed by atoms with Gasteiger partial charge in [-0.2, -0.15) is 4.98 Å². The summed E-state index contributed by atoms with van der Waals surface area (Å²) in [6.07, 6.45) is 5.25. The monoisotopic (exact) mass is 468 g/mol. The van der Waals surface area contributed by atoms with Crippen molar-refractivity contribution >= 4 is 39.1 Å². The highest BCUT2D eigenvalue weighted by atomic mass is 32.2. The second-order valence-electron chi connectivity index (χ2n) is 7.93. The minimum Gasteiger partial charge on any atom is -0.378 e. The number of hydrogen-bond donors (Lipinski definition) is 2. The van der Waals surface area contributed by atoms with Crippen molar-refractivity contribution in [3.8, 4) is 11.3 Å². The number of nitrogens with zero attached hydrogens (tertiary/aromatic N) is 6. The summed E-state index contributed by atoms with van der Waals surface area (Å²) in [4.78, 5) is 22.3. The molecule has 33 heavy (non-hydrogen) atoms. The third kappa shape index (κ3) is 4.52. The minimum absolute atomic E-state index is 0.210. The van der Waals surface area contributed by atoms with Gasteiger partial charge in [-0.25, -0.2) is 23.4 Å². The van der Waals surface area contributed by atoms with E-state index in [0.717, 1.165) is 47.5 Å². The molecule has 0 radical (unpaired) electrons. The molecule has 172 valence electrons. The zero-order valence-electron chi connectivity index (χ0n) is 18.1. The SMILES string of the molecule is CS(=O)(=O)Nc1ccc(N2CCc3c(-c4cnc(N)nc4)nc(N4CCOCC4)nc32)cc1. The van der Waals surface area contributed by atoms with Gasteiger partial charge in [-0.3, -0.25) is 4.72 Å². The number of hydrogen-bond acceptors (Lipinski definition) is 10. The fourth-order valence-electron chi connectivity index (χ4n) is 4.02. The summed E-state index contributed by atoms with van der Waals surface area (Å²) >= 11 is 0. The standard InChI is InChI=1S/C21H24N8O3S/c1-33(30,31)27-15-2-4-16(5-3-15)29-7-6-17-18(14-12-23-20(22)24-13-14)25-21(26-19(17)29)28-8-10-32-11-9-28/h2-5,12-13,27H,6-11H2,1H3,(H2,22,23,24). The molecule has 0 saturated carbocycles. The number of benzene rings is 1. The first-order chi connectivity index (χ1) is 15.9. The lowest BCUT2D eigenvalue weighted by Crippen LogP contribution is -2.37. The molecule has 1 fully saturated rings. The number of nitrogens with one attached hydrogen (secondary N) is 1. The van der Waals surface area contributed by atoms with Crippen molar-refractivity contribution in [2.45, 2.75) is 6.42 Å². The van der Waals surface area contributed by atoms with E-state index in [2.05, 4.69) is 24.5 Å². The first-order valence-electron chi connectivity index (χ1n) is 10.5. The Morgan fingerprint density at radius 3 is 2.39 bits per heavy atom. The summed E-state index contributed by atoms with van der Waals surface area (Å²) in [5, 5.41) is 0. The van der Waals surface area contributed by atoms with Gasteiger partial charge in [0.25, 0.3) is 0 Å². The van der Waals surface area contributed by atoms with Crippen molar-refractivity contribution in [2.24, 2.45) is 0 Å². The molecular weight excluding hydrogens is 444 g/mol. The molecule has 5 rings (SSSR count). The van der Waals surface area contributed by atoms with Gasteiger partial charge in [0.1, 0.15) is 5.82 Å². The maximum atomic E-state index is 11.5. The molecule has 12 heteroatoms. The molecule has 2 aromatic heterocycles. The van der Waals surface area contributed by atoms with Gasteiger partial charge in [-0.1, -0.05) is 0 Å². The number of nitrogens with two attached hydrogens (primary N) is 1. The average Bonchev–Trinajstić information content (AvgIpc) is 3.23. The first-order valence-corrected chi connectivity index (χ1v) is 12.4. The van der Waals surface area contributed by atoms with E-state index in [0.29, 0.717) is 37.9 Å². The highest BCUT2D eigenvalue weighted by molar-refractivity contribution is 7.92. The average molecular weight is 469 g/mol. The third-order valence-electron chi connectivity index (χ3n) is 5.54. The van der Waals surface area contributed by atoms with Gasteiger partial charge in [0.05, 0.1) is 25.2 Å². The largest absolute Gasteiger partial charge is 0.378 e. The molecular formula is C21H24N8O3S. The van der Waals surface area contributed by atoms with E-state index in [1.165, 1.54) is 0 Å². The Bertz CT molecular complexity index is 1260. The van der Waals surface area contributed by atoms with Crippen LogP contribution >= 0.6 is 0 Å². The van der Waals surface area contributed by atoms with Crippen LogP contribution in [0.25, 0.3) is 11.3 Å². The van der Waals surface area contributed by atoms with E-state index < -0.39 is 10.0 Å². The lowest BCUT2D eigenvalue weighted by molar-refractivity contribution is 0.122. The van der Waals surface area contributed by atoms with Crippen LogP contribution in [0.2, 0.25) is 0 Å². The summed E-state index contributed by atoms with van der Waals surface area (Å²) in [5.74, 6) is 1.66. The molecule has 2 aliphatic heterocycles. The normalized spacial score (nSPS) is 16.0. The zero-order chi connectivity index (χ0) is 23.0. The Kier molecular flexibility index (Phi) is 5.46. The molecule has 1 saturated heterocycles. The number of aromatic nitrogens is 4. The summed E-state index contributed by atoms with van der Waals surface area (Å²) in [5.41, 5.74) is 9.70. The van der Waals surface area contributed by atoms with E-state index in [9.17, 15) is 8.42 Å². The van der Waals surface area contributed by atoms with Gasteiger partial charge >= 0.3 is 0 Å². The molecule has 0 unspecified atom stereocenters. The van der Waals surface area contributed by atoms with Crippen molar-refractivity contribution < 1.29 is 13.2 Å². The van der Waals surface area contributed by atoms with Gasteiger partial charge in [-0.05, 0) is 30.7 Å². The topological polar surface area (TPSA) is 139 Å². The molecule has 11 nitrogen and oxygen atoms in total. The maximum Gasteiger partial charge on any atom is 0.229 e. The van der Waals surface area contributed by atoms with Gasteiger partial charge in [0.15, 0.2) is 0 Å². The Morgan fingerprint density at radius 2 is 1.73 bits per heavy atom. The Labute approximate surface area is 191 Å². The fourth-order valence-corrected chi connectivity index (χ4v) is 4.59. The Hall–Kier alpha value is -3.51. The molecule has 0 aliphatic carbocycles. The number of nitrogen functional groups attached to an aromatic ring is 1. The van der Waals surface area contributed by atoms with E-state index in [1.807, 2.05) is 12.1 Å². The van der Waals surface area contributed by atoms with Crippen LogP contribution < -0.4 is 20.3 Å². The summed E-state index contributed by atoms with van der Waals surface area (Å²) in [6.45, 7) is 3.39.